The average molecular weight is 220 g/mol. The van der Waals surface area contributed by atoms with Crippen LogP contribution in [0.5, 0.6) is 0 Å². The maximum atomic E-state index is 5.60. The quantitative estimate of drug-likeness (QED) is 0.548. The van der Waals surface area contributed by atoms with E-state index in [2.05, 4.69) is 48.0 Å². The molecule has 1 heterocycles. The largest absolute Gasteiger partial charge is 0.343 e. The molecule has 0 fully saturated rings. The van der Waals surface area contributed by atoms with E-state index < -0.39 is 0 Å². The van der Waals surface area contributed by atoms with Crippen LogP contribution in [-0.2, 0) is 6.54 Å². The number of aromatic nitrogens is 1. The highest BCUT2D eigenvalue weighted by atomic mass is 35.5. The summed E-state index contributed by atoms with van der Waals surface area (Å²) < 4.78 is 2.24. The molecule has 0 amide bonds. The Labute approximate surface area is 95.0 Å². The Morgan fingerprint density at radius 3 is 2.87 bits per heavy atom. The van der Waals surface area contributed by atoms with Crippen LogP contribution in [0, 0.1) is 6.92 Å². The number of benzene rings is 1. The minimum atomic E-state index is 0.582. The number of aryl methyl sites for hydroxylation is 1. The first kappa shape index (κ1) is 10.3. The van der Waals surface area contributed by atoms with Crippen molar-refractivity contribution in [3.63, 3.8) is 0 Å². The SMILES string of the molecule is Cc1cn(C/C=C/CCl)c2ccccc12. The van der Waals surface area contributed by atoms with E-state index in [4.69, 9.17) is 11.6 Å². The number of para-hydroxylation sites is 1. The highest BCUT2D eigenvalue weighted by Gasteiger charge is 2.02. The molecule has 0 bridgehead atoms. The fraction of sp³-hybridized carbons (Fsp3) is 0.231. The summed E-state index contributed by atoms with van der Waals surface area (Å²) in [6.07, 6.45) is 6.26. The van der Waals surface area contributed by atoms with E-state index in [1.54, 1.807) is 0 Å². The van der Waals surface area contributed by atoms with Crippen LogP contribution in [0.3, 0.4) is 0 Å². The first-order valence-electron chi connectivity index (χ1n) is 5.08. The second-order valence-electron chi connectivity index (χ2n) is 3.61. The van der Waals surface area contributed by atoms with Gasteiger partial charge in [0.15, 0.2) is 0 Å². The van der Waals surface area contributed by atoms with Crippen LogP contribution in [0.15, 0.2) is 42.6 Å². The molecule has 1 aromatic carbocycles. The number of nitrogens with zero attached hydrogens (tertiary/aromatic N) is 1. The molecule has 0 aliphatic heterocycles. The van der Waals surface area contributed by atoms with Crippen molar-refractivity contribution in [1.29, 1.82) is 0 Å². The molecular weight excluding hydrogens is 206 g/mol. The van der Waals surface area contributed by atoms with Gasteiger partial charge in [-0.15, -0.1) is 11.6 Å². The molecule has 2 heteroatoms. The molecule has 0 N–H and O–H groups in total. The minimum absolute atomic E-state index is 0.582. The summed E-state index contributed by atoms with van der Waals surface area (Å²) in [6.45, 7) is 3.03. The molecule has 2 aromatic rings. The minimum Gasteiger partial charge on any atom is -0.343 e. The molecule has 78 valence electrons. The summed E-state index contributed by atoms with van der Waals surface area (Å²) in [5, 5.41) is 1.33. The summed E-state index contributed by atoms with van der Waals surface area (Å²) >= 11 is 5.60. The molecule has 1 aromatic heterocycles. The zero-order chi connectivity index (χ0) is 10.7. The van der Waals surface area contributed by atoms with Gasteiger partial charge in [0.05, 0.1) is 0 Å². The van der Waals surface area contributed by atoms with Gasteiger partial charge in [0, 0.05) is 29.5 Å². The Bertz CT molecular complexity index is 482. The summed E-state index contributed by atoms with van der Waals surface area (Å²) in [6, 6.07) is 8.46. The second kappa shape index (κ2) is 4.54. The lowest BCUT2D eigenvalue weighted by Crippen LogP contribution is -1.91. The van der Waals surface area contributed by atoms with Gasteiger partial charge in [-0.1, -0.05) is 30.4 Å². The number of hydrogen-bond acceptors (Lipinski definition) is 0. The Hall–Kier alpha value is -1.21. The Balaban J connectivity index is 2.39. The van der Waals surface area contributed by atoms with E-state index in [1.165, 1.54) is 16.5 Å². The van der Waals surface area contributed by atoms with Crippen molar-refractivity contribution in [2.75, 3.05) is 5.88 Å². The van der Waals surface area contributed by atoms with E-state index in [-0.39, 0.29) is 0 Å². The first-order valence-corrected chi connectivity index (χ1v) is 5.62. The van der Waals surface area contributed by atoms with Crippen LogP contribution in [0.4, 0.5) is 0 Å². The number of fused-ring (bicyclic) bond motifs is 1. The number of alkyl halides is 1. The molecule has 2 rings (SSSR count). The lowest BCUT2D eigenvalue weighted by Gasteiger charge is -1.99. The van der Waals surface area contributed by atoms with Crippen molar-refractivity contribution >= 4 is 22.5 Å². The van der Waals surface area contributed by atoms with Crippen molar-refractivity contribution in [3.05, 3.63) is 48.2 Å². The van der Waals surface area contributed by atoms with Gasteiger partial charge in [0.25, 0.3) is 0 Å². The van der Waals surface area contributed by atoms with Gasteiger partial charge in [-0.05, 0) is 18.6 Å². The number of allylic oxidation sites excluding steroid dienone is 2. The van der Waals surface area contributed by atoms with Crippen molar-refractivity contribution in [1.82, 2.24) is 4.57 Å². The highest BCUT2D eigenvalue weighted by Crippen LogP contribution is 2.20. The van der Waals surface area contributed by atoms with Crippen molar-refractivity contribution in [2.24, 2.45) is 0 Å². The van der Waals surface area contributed by atoms with Gasteiger partial charge in [-0.25, -0.2) is 0 Å². The predicted molar refractivity (Wildman–Crippen MR) is 66.5 cm³/mol. The third-order valence-corrected chi connectivity index (χ3v) is 2.72. The molecule has 0 saturated carbocycles. The second-order valence-corrected chi connectivity index (χ2v) is 3.92. The summed E-state index contributed by atoms with van der Waals surface area (Å²) in [5.41, 5.74) is 2.61. The van der Waals surface area contributed by atoms with Gasteiger partial charge in [-0.2, -0.15) is 0 Å². The Morgan fingerprint density at radius 1 is 1.27 bits per heavy atom. The van der Waals surface area contributed by atoms with Gasteiger partial charge < -0.3 is 4.57 Å². The molecule has 15 heavy (non-hydrogen) atoms. The molecule has 0 saturated heterocycles. The van der Waals surface area contributed by atoms with Gasteiger partial charge in [0.2, 0.25) is 0 Å². The van der Waals surface area contributed by atoms with Crippen LogP contribution in [0.1, 0.15) is 5.56 Å². The first-order chi connectivity index (χ1) is 7.33. The van der Waals surface area contributed by atoms with Gasteiger partial charge >= 0.3 is 0 Å². The van der Waals surface area contributed by atoms with E-state index >= 15 is 0 Å². The molecule has 0 aliphatic rings. The number of halogens is 1. The Kier molecular flexibility index (Phi) is 3.12. The van der Waals surface area contributed by atoms with Gasteiger partial charge in [-0.3, -0.25) is 0 Å². The van der Waals surface area contributed by atoms with Gasteiger partial charge in [0.1, 0.15) is 0 Å². The van der Waals surface area contributed by atoms with Crippen molar-refractivity contribution < 1.29 is 0 Å². The lowest BCUT2D eigenvalue weighted by molar-refractivity contribution is 0.859. The zero-order valence-corrected chi connectivity index (χ0v) is 9.54. The summed E-state index contributed by atoms with van der Waals surface area (Å²) in [5.74, 6) is 0.582. The number of hydrogen-bond donors (Lipinski definition) is 0. The van der Waals surface area contributed by atoms with Crippen LogP contribution >= 0.6 is 11.6 Å². The van der Waals surface area contributed by atoms with Crippen molar-refractivity contribution in [3.8, 4) is 0 Å². The van der Waals surface area contributed by atoms with E-state index in [0.717, 1.165) is 6.54 Å². The predicted octanol–water partition coefficient (Wildman–Crippen LogP) is 3.74. The van der Waals surface area contributed by atoms with E-state index in [9.17, 15) is 0 Å². The highest BCUT2D eigenvalue weighted by molar-refractivity contribution is 6.18. The zero-order valence-electron chi connectivity index (χ0n) is 8.78. The normalized spacial score (nSPS) is 11.6. The van der Waals surface area contributed by atoms with E-state index in [1.807, 2.05) is 6.08 Å². The third-order valence-electron chi connectivity index (χ3n) is 2.55. The molecular formula is C13H14ClN. The maximum absolute atomic E-state index is 5.60. The molecule has 0 aliphatic carbocycles. The average Bonchev–Trinajstić information content (AvgIpc) is 2.58. The lowest BCUT2D eigenvalue weighted by atomic mass is 10.2. The topological polar surface area (TPSA) is 4.93 Å². The van der Waals surface area contributed by atoms with Crippen molar-refractivity contribution in [2.45, 2.75) is 13.5 Å². The molecule has 0 spiro atoms. The fourth-order valence-electron chi connectivity index (χ4n) is 1.83. The maximum Gasteiger partial charge on any atom is 0.0485 e. The third kappa shape index (κ3) is 2.07. The molecule has 1 nitrogen and oxygen atoms in total. The molecule has 0 radical (unpaired) electrons. The fourth-order valence-corrected chi connectivity index (χ4v) is 1.96. The summed E-state index contributed by atoms with van der Waals surface area (Å²) in [4.78, 5) is 0. The van der Waals surface area contributed by atoms with Crippen LogP contribution in [0.2, 0.25) is 0 Å². The molecule has 0 atom stereocenters. The Morgan fingerprint density at radius 2 is 2.07 bits per heavy atom. The summed E-state index contributed by atoms with van der Waals surface area (Å²) in [7, 11) is 0. The number of rotatable bonds is 3. The van der Waals surface area contributed by atoms with Crippen LogP contribution < -0.4 is 0 Å². The smallest absolute Gasteiger partial charge is 0.0485 e. The molecule has 0 unspecified atom stereocenters. The van der Waals surface area contributed by atoms with Crippen LogP contribution in [-0.4, -0.2) is 10.4 Å². The van der Waals surface area contributed by atoms with E-state index in [0.29, 0.717) is 5.88 Å². The standard InChI is InChI=1S/C13H14ClN/c1-11-10-15(9-5-4-8-14)13-7-3-2-6-12(11)13/h2-7,10H,8-9H2,1H3/b5-4+. The van der Waals surface area contributed by atoms with Crippen LogP contribution in [0.25, 0.3) is 10.9 Å². The monoisotopic (exact) mass is 219 g/mol.